The Labute approximate surface area is 86.8 Å². The van der Waals surface area contributed by atoms with Crippen LogP contribution in [0.5, 0.6) is 0 Å². The second-order valence-corrected chi connectivity index (χ2v) is 4.00. The van der Waals surface area contributed by atoms with E-state index in [0.717, 1.165) is 25.4 Å². The van der Waals surface area contributed by atoms with Gasteiger partial charge in [0.25, 0.3) is 0 Å². The van der Waals surface area contributed by atoms with Gasteiger partial charge < -0.3 is 5.32 Å². The lowest BCUT2D eigenvalue weighted by molar-refractivity contribution is 0.538. The van der Waals surface area contributed by atoms with E-state index in [1.165, 1.54) is 12.1 Å². The van der Waals surface area contributed by atoms with Gasteiger partial charge in [-0.3, -0.25) is 4.98 Å². The maximum atomic E-state index is 4.27. The molecule has 0 aliphatic heterocycles. The molecule has 2 heteroatoms. The van der Waals surface area contributed by atoms with Gasteiger partial charge in [-0.1, -0.05) is 19.9 Å². The Kier molecular flexibility index (Phi) is 5.23. The summed E-state index contributed by atoms with van der Waals surface area (Å²) in [5, 5.41) is 3.43. The Morgan fingerprint density at radius 3 is 2.79 bits per heavy atom. The molecule has 0 aliphatic carbocycles. The molecule has 1 N–H and O–H groups in total. The predicted molar refractivity (Wildman–Crippen MR) is 60.3 cm³/mol. The molecule has 0 fully saturated rings. The van der Waals surface area contributed by atoms with Gasteiger partial charge in [0.15, 0.2) is 0 Å². The molecule has 78 valence electrons. The highest BCUT2D eigenvalue weighted by molar-refractivity contribution is 5.03. The van der Waals surface area contributed by atoms with Crippen molar-refractivity contribution in [3.63, 3.8) is 0 Å². The number of pyridine rings is 1. The Morgan fingerprint density at radius 1 is 1.29 bits per heavy atom. The van der Waals surface area contributed by atoms with E-state index >= 15 is 0 Å². The first-order valence-corrected chi connectivity index (χ1v) is 5.39. The highest BCUT2D eigenvalue weighted by Gasteiger charge is 1.94. The van der Waals surface area contributed by atoms with Gasteiger partial charge in [0.1, 0.15) is 0 Å². The molecule has 0 radical (unpaired) electrons. The largest absolute Gasteiger partial charge is 0.316 e. The van der Waals surface area contributed by atoms with E-state index in [1.54, 1.807) is 0 Å². The Balaban J connectivity index is 2.05. The molecular weight excluding hydrogens is 172 g/mol. The number of rotatable bonds is 6. The van der Waals surface area contributed by atoms with Crippen LogP contribution in [0.1, 0.15) is 26.0 Å². The third-order valence-electron chi connectivity index (χ3n) is 2.18. The standard InChI is InChI=1S/C12H20N2/c1-11(2)6-9-13-10-7-12-5-3-4-8-14-12/h3-5,8,11,13H,6-7,9-10H2,1-2H3. The van der Waals surface area contributed by atoms with Crippen molar-refractivity contribution in [2.75, 3.05) is 13.1 Å². The van der Waals surface area contributed by atoms with Gasteiger partial charge in [-0.15, -0.1) is 0 Å². The van der Waals surface area contributed by atoms with E-state index in [9.17, 15) is 0 Å². The monoisotopic (exact) mass is 192 g/mol. The molecule has 1 aromatic rings. The summed E-state index contributed by atoms with van der Waals surface area (Å²) in [5.41, 5.74) is 1.17. The fraction of sp³-hybridized carbons (Fsp3) is 0.583. The van der Waals surface area contributed by atoms with Crippen molar-refractivity contribution < 1.29 is 0 Å². The summed E-state index contributed by atoms with van der Waals surface area (Å²) in [5.74, 6) is 0.789. The molecule has 0 saturated carbocycles. The van der Waals surface area contributed by atoms with E-state index in [-0.39, 0.29) is 0 Å². The number of nitrogens with zero attached hydrogens (tertiary/aromatic N) is 1. The van der Waals surface area contributed by atoms with Gasteiger partial charge >= 0.3 is 0 Å². The molecule has 14 heavy (non-hydrogen) atoms. The molecule has 0 bridgehead atoms. The zero-order chi connectivity index (χ0) is 10.2. The number of hydrogen-bond donors (Lipinski definition) is 1. The fourth-order valence-corrected chi connectivity index (χ4v) is 1.28. The smallest absolute Gasteiger partial charge is 0.0416 e. The molecule has 0 amide bonds. The Bertz CT molecular complexity index is 231. The number of nitrogens with one attached hydrogen (secondary N) is 1. The third-order valence-corrected chi connectivity index (χ3v) is 2.18. The van der Waals surface area contributed by atoms with Crippen molar-refractivity contribution in [3.8, 4) is 0 Å². The van der Waals surface area contributed by atoms with Crippen molar-refractivity contribution >= 4 is 0 Å². The average Bonchev–Trinajstić information content (AvgIpc) is 2.18. The normalized spacial score (nSPS) is 10.8. The zero-order valence-electron chi connectivity index (χ0n) is 9.16. The van der Waals surface area contributed by atoms with Crippen LogP contribution in [-0.2, 0) is 6.42 Å². The van der Waals surface area contributed by atoms with Crippen LogP contribution in [-0.4, -0.2) is 18.1 Å². The molecule has 1 rings (SSSR count). The third kappa shape index (κ3) is 4.97. The fourth-order valence-electron chi connectivity index (χ4n) is 1.28. The van der Waals surface area contributed by atoms with Gasteiger partial charge in [-0.05, 0) is 31.0 Å². The molecular formula is C12H20N2. The Morgan fingerprint density at radius 2 is 2.14 bits per heavy atom. The van der Waals surface area contributed by atoms with Crippen LogP contribution in [0.15, 0.2) is 24.4 Å². The van der Waals surface area contributed by atoms with E-state index in [2.05, 4.69) is 30.2 Å². The van der Waals surface area contributed by atoms with Gasteiger partial charge in [0, 0.05) is 24.9 Å². The Hall–Kier alpha value is -0.890. The van der Waals surface area contributed by atoms with E-state index in [4.69, 9.17) is 0 Å². The topological polar surface area (TPSA) is 24.9 Å². The van der Waals surface area contributed by atoms with Crippen molar-refractivity contribution in [2.24, 2.45) is 5.92 Å². The van der Waals surface area contributed by atoms with Crippen LogP contribution in [0.25, 0.3) is 0 Å². The van der Waals surface area contributed by atoms with Crippen LogP contribution in [0.2, 0.25) is 0 Å². The summed E-state index contributed by atoms with van der Waals surface area (Å²) in [7, 11) is 0. The van der Waals surface area contributed by atoms with E-state index < -0.39 is 0 Å². The van der Waals surface area contributed by atoms with Gasteiger partial charge in [-0.25, -0.2) is 0 Å². The lowest BCUT2D eigenvalue weighted by atomic mass is 10.1. The molecule has 0 saturated heterocycles. The molecule has 1 aromatic heterocycles. The molecule has 0 aliphatic rings. The van der Waals surface area contributed by atoms with Crippen LogP contribution < -0.4 is 5.32 Å². The second-order valence-electron chi connectivity index (χ2n) is 4.00. The summed E-state index contributed by atoms with van der Waals surface area (Å²) in [4.78, 5) is 4.27. The first kappa shape index (κ1) is 11.2. The molecule has 0 unspecified atom stereocenters. The van der Waals surface area contributed by atoms with Crippen LogP contribution in [0.4, 0.5) is 0 Å². The first-order valence-electron chi connectivity index (χ1n) is 5.39. The van der Waals surface area contributed by atoms with Gasteiger partial charge in [0.05, 0.1) is 0 Å². The van der Waals surface area contributed by atoms with Gasteiger partial charge in [0.2, 0.25) is 0 Å². The lowest BCUT2D eigenvalue weighted by Gasteiger charge is -2.06. The predicted octanol–water partition coefficient (Wildman–Crippen LogP) is 2.26. The molecule has 0 aromatic carbocycles. The van der Waals surface area contributed by atoms with Crippen LogP contribution in [0, 0.1) is 5.92 Å². The lowest BCUT2D eigenvalue weighted by Crippen LogP contribution is -2.20. The van der Waals surface area contributed by atoms with Crippen molar-refractivity contribution in [1.82, 2.24) is 10.3 Å². The molecule has 2 nitrogen and oxygen atoms in total. The summed E-state index contributed by atoms with van der Waals surface area (Å²) >= 11 is 0. The van der Waals surface area contributed by atoms with E-state index in [0.29, 0.717) is 0 Å². The average molecular weight is 192 g/mol. The molecule has 0 atom stereocenters. The minimum atomic E-state index is 0.789. The minimum Gasteiger partial charge on any atom is -0.316 e. The maximum Gasteiger partial charge on any atom is 0.0416 e. The highest BCUT2D eigenvalue weighted by Crippen LogP contribution is 1.97. The first-order chi connectivity index (χ1) is 6.79. The molecule has 0 spiro atoms. The highest BCUT2D eigenvalue weighted by atomic mass is 14.8. The van der Waals surface area contributed by atoms with Crippen LogP contribution >= 0.6 is 0 Å². The number of hydrogen-bond acceptors (Lipinski definition) is 2. The zero-order valence-corrected chi connectivity index (χ0v) is 9.16. The minimum absolute atomic E-state index is 0.789. The summed E-state index contributed by atoms with van der Waals surface area (Å²) in [6, 6.07) is 6.07. The van der Waals surface area contributed by atoms with Crippen molar-refractivity contribution in [3.05, 3.63) is 30.1 Å². The second kappa shape index (κ2) is 6.55. The van der Waals surface area contributed by atoms with Gasteiger partial charge in [-0.2, -0.15) is 0 Å². The molecule has 1 heterocycles. The van der Waals surface area contributed by atoms with Crippen molar-refractivity contribution in [1.29, 1.82) is 0 Å². The summed E-state index contributed by atoms with van der Waals surface area (Å²) in [6.45, 7) is 6.65. The number of aromatic nitrogens is 1. The van der Waals surface area contributed by atoms with Crippen LogP contribution in [0.3, 0.4) is 0 Å². The SMILES string of the molecule is CC(C)CCNCCc1ccccn1. The summed E-state index contributed by atoms with van der Waals surface area (Å²) in [6.07, 6.45) is 4.13. The maximum absolute atomic E-state index is 4.27. The van der Waals surface area contributed by atoms with Crippen molar-refractivity contribution in [2.45, 2.75) is 26.7 Å². The van der Waals surface area contributed by atoms with E-state index in [1.807, 2.05) is 18.3 Å². The quantitative estimate of drug-likeness (QED) is 0.699. The summed E-state index contributed by atoms with van der Waals surface area (Å²) < 4.78 is 0.